The van der Waals surface area contributed by atoms with Gasteiger partial charge in [-0.2, -0.15) is 0 Å². The molecule has 2 aromatic rings. The number of fused-ring (bicyclic) bond motifs is 2. The van der Waals surface area contributed by atoms with Crippen molar-refractivity contribution >= 4 is 17.4 Å². The van der Waals surface area contributed by atoms with Crippen molar-refractivity contribution in [1.29, 1.82) is 0 Å². The maximum absolute atomic E-state index is 13.2. The number of likely N-dealkylation sites (tertiary alicyclic amines) is 1. The summed E-state index contributed by atoms with van der Waals surface area (Å²) in [6, 6.07) is 14.8. The standard InChI is InChI=1S/C23H21NO6/c1-2-3-13-24-20(26)18(25)17-19(14-9-5-4-6-10-14)30-23(29)16-12-8-7-11-15(16)22(27,28)21(17,23)24/h4-12,27-29H,2-3,13H2,1H3/t21-,23+/m1/s1. The number of hydrogen-bond donors (Lipinski definition) is 3. The van der Waals surface area contributed by atoms with Crippen LogP contribution in [0.4, 0.5) is 0 Å². The number of benzene rings is 2. The molecule has 5 rings (SSSR count). The lowest BCUT2D eigenvalue weighted by Crippen LogP contribution is -2.66. The third kappa shape index (κ3) is 1.90. The summed E-state index contributed by atoms with van der Waals surface area (Å²) >= 11 is 0. The molecule has 1 spiro atoms. The highest BCUT2D eigenvalue weighted by molar-refractivity contribution is 6.48. The molecule has 0 bridgehead atoms. The molecule has 1 saturated heterocycles. The Bertz CT molecular complexity index is 1110. The fourth-order valence-electron chi connectivity index (χ4n) is 5.08. The van der Waals surface area contributed by atoms with Crippen molar-refractivity contribution in [1.82, 2.24) is 4.90 Å². The number of ketones is 1. The second-order valence-electron chi connectivity index (χ2n) is 7.88. The molecule has 7 heteroatoms. The minimum Gasteiger partial charge on any atom is -0.454 e. The Labute approximate surface area is 172 Å². The zero-order valence-corrected chi connectivity index (χ0v) is 16.3. The van der Waals surface area contributed by atoms with Crippen LogP contribution in [0.2, 0.25) is 0 Å². The highest BCUT2D eigenvalue weighted by Gasteiger charge is 2.84. The number of Topliss-reactive ketones (excluding diaryl/α,β-unsaturated/α-hetero) is 1. The van der Waals surface area contributed by atoms with E-state index in [1.807, 2.05) is 6.92 Å². The number of carbonyl (C=O) groups excluding carboxylic acids is 2. The van der Waals surface area contributed by atoms with Gasteiger partial charge in [-0.25, -0.2) is 0 Å². The van der Waals surface area contributed by atoms with Gasteiger partial charge in [-0.3, -0.25) is 9.59 Å². The maximum atomic E-state index is 13.2. The molecular weight excluding hydrogens is 386 g/mol. The van der Waals surface area contributed by atoms with Gasteiger partial charge in [-0.05, 0) is 6.42 Å². The van der Waals surface area contributed by atoms with Crippen molar-refractivity contribution in [3.05, 3.63) is 76.9 Å². The van der Waals surface area contributed by atoms with Crippen LogP contribution in [0.1, 0.15) is 36.5 Å². The van der Waals surface area contributed by atoms with E-state index in [-0.39, 0.29) is 29.0 Å². The van der Waals surface area contributed by atoms with Gasteiger partial charge in [0.1, 0.15) is 5.76 Å². The van der Waals surface area contributed by atoms with Gasteiger partial charge in [0, 0.05) is 23.2 Å². The SMILES string of the molecule is CCCCN1C(=O)C(=O)C2=C(c3ccccc3)O[C@@]3(O)c4ccccc4C(O)(O)[C@@]213. The number of unbranched alkanes of at least 4 members (excludes halogenated alkanes) is 1. The Balaban J connectivity index is 1.87. The smallest absolute Gasteiger partial charge is 0.296 e. The number of rotatable bonds is 4. The Morgan fingerprint density at radius 3 is 2.23 bits per heavy atom. The summed E-state index contributed by atoms with van der Waals surface area (Å²) in [6.45, 7) is 1.98. The summed E-state index contributed by atoms with van der Waals surface area (Å²) < 4.78 is 6.01. The molecule has 0 saturated carbocycles. The molecule has 1 amide bonds. The van der Waals surface area contributed by atoms with Gasteiger partial charge >= 0.3 is 0 Å². The minimum atomic E-state index is -2.74. The number of hydrogen-bond acceptors (Lipinski definition) is 6. The third-order valence-corrected chi connectivity index (χ3v) is 6.34. The van der Waals surface area contributed by atoms with E-state index in [4.69, 9.17) is 4.74 Å². The second-order valence-corrected chi connectivity index (χ2v) is 7.88. The van der Waals surface area contributed by atoms with Gasteiger partial charge in [-0.15, -0.1) is 0 Å². The molecule has 0 unspecified atom stereocenters. The fraction of sp³-hybridized carbons (Fsp3) is 0.304. The first-order valence-corrected chi connectivity index (χ1v) is 9.95. The van der Waals surface area contributed by atoms with Crippen molar-refractivity contribution in [2.75, 3.05) is 6.54 Å². The van der Waals surface area contributed by atoms with Crippen LogP contribution in [0, 0.1) is 0 Å². The lowest BCUT2D eigenvalue weighted by atomic mass is 9.78. The molecule has 0 aromatic heterocycles. The van der Waals surface area contributed by atoms with Crippen LogP contribution in [0.25, 0.3) is 5.76 Å². The van der Waals surface area contributed by atoms with Crippen LogP contribution in [-0.2, 0) is 25.9 Å². The molecule has 2 aliphatic heterocycles. The Hall–Kier alpha value is -3.00. The molecule has 7 nitrogen and oxygen atoms in total. The average molecular weight is 407 g/mol. The molecule has 2 aromatic carbocycles. The zero-order valence-electron chi connectivity index (χ0n) is 16.3. The molecule has 0 radical (unpaired) electrons. The van der Waals surface area contributed by atoms with Crippen LogP contribution >= 0.6 is 0 Å². The highest BCUT2D eigenvalue weighted by Crippen LogP contribution is 2.67. The monoisotopic (exact) mass is 407 g/mol. The number of nitrogens with zero attached hydrogens (tertiary/aromatic N) is 1. The van der Waals surface area contributed by atoms with E-state index >= 15 is 0 Å². The predicted octanol–water partition coefficient (Wildman–Crippen LogP) is 1.37. The first-order valence-electron chi connectivity index (χ1n) is 9.95. The van der Waals surface area contributed by atoms with Gasteiger partial charge in [0.25, 0.3) is 17.5 Å². The summed E-state index contributed by atoms with van der Waals surface area (Å²) in [7, 11) is 0. The maximum Gasteiger partial charge on any atom is 0.296 e. The Kier molecular flexibility index (Phi) is 3.80. The van der Waals surface area contributed by atoms with Gasteiger partial charge in [0.05, 0.1) is 5.57 Å². The van der Waals surface area contributed by atoms with Gasteiger partial charge in [0.2, 0.25) is 11.3 Å². The molecule has 3 N–H and O–H groups in total. The Morgan fingerprint density at radius 1 is 0.933 bits per heavy atom. The van der Waals surface area contributed by atoms with E-state index < -0.39 is 28.8 Å². The minimum absolute atomic E-state index is 0.00103. The van der Waals surface area contributed by atoms with Crippen LogP contribution in [0.5, 0.6) is 0 Å². The number of amides is 1. The number of carbonyl (C=O) groups is 2. The van der Waals surface area contributed by atoms with E-state index in [9.17, 15) is 24.9 Å². The summed E-state index contributed by atoms with van der Waals surface area (Å²) in [6.07, 6.45) is 1.21. The summed E-state index contributed by atoms with van der Waals surface area (Å²) in [5, 5.41) is 34.8. The molecule has 1 aliphatic carbocycles. The topological polar surface area (TPSA) is 107 Å². The third-order valence-electron chi connectivity index (χ3n) is 6.34. The van der Waals surface area contributed by atoms with E-state index in [0.717, 1.165) is 4.90 Å². The van der Waals surface area contributed by atoms with E-state index in [2.05, 4.69) is 0 Å². The molecule has 3 aliphatic rings. The summed E-state index contributed by atoms with van der Waals surface area (Å²) in [5.41, 5.74) is -1.85. The molecular formula is C23H21NO6. The van der Waals surface area contributed by atoms with Gasteiger partial charge < -0.3 is 25.0 Å². The second kappa shape index (κ2) is 6.01. The molecule has 1 fully saturated rings. The number of aliphatic hydroxyl groups is 3. The van der Waals surface area contributed by atoms with E-state index in [1.54, 1.807) is 42.5 Å². The average Bonchev–Trinajstić information content (AvgIpc) is 3.22. The van der Waals surface area contributed by atoms with Crippen LogP contribution in [0.3, 0.4) is 0 Å². The van der Waals surface area contributed by atoms with Gasteiger partial charge in [0.15, 0.2) is 0 Å². The zero-order chi connectivity index (χ0) is 21.3. The first kappa shape index (κ1) is 19.0. The van der Waals surface area contributed by atoms with Crippen molar-refractivity contribution in [2.24, 2.45) is 0 Å². The van der Waals surface area contributed by atoms with Crippen molar-refractivity contribution in [3.8, 4) is 0 Å². The van der Waals surface area contributed by atoms with Crippen LogP contribution < -0.4 is 0 Å². The van der Waals surface area contributed by atoms with E-state index in [0.29, 0.717) is 18.4 Å². The fourth-order valence-corrected chi connectivity index (χ4v) is 5.08. The quantitative estimate of drug-likeness (QED) is 0.522. The molecule has 2 heterocycles. The molecule has 30 heavy (non-hydrogen) atoms. The summed E-state index contributed by atoms with van der Waals surface area (Å²) in [5.74, 6) is -6.87. The van der Waals surface area contributed by atoms with Crippen molar-refractivity contribution in [2.45, 2.75) is 36.9 Å². The lowest BCUT2D eigenvalue weighted by molar-refractivity contribution is -0.312. The lowest BCUT2D eigenvalue weighted by Gasteiger charge is -2.45. The largest absolute Gasteiger partial charge is 0.454 e. The predicted molar refractivity (Wildman–Crippen MR) is 105 cm³/mol. The summed E-state index contributed by atoms with van der Waals surface area (Å²) in [4.78, 5) is 27.4. The highest BCUT2D eigenvalue weighted by atomic mass is 16.6. The Morgan fingerprint density at radius 2 is 1.57 bits per heavy atom. The van der Waals surface area contributed by atoms with Crippen LogP contribution in [0.15, 0.2) is 60.2 Å². The first-order chi connectivity index (χ1) is 14.3. The normalized spacial score (nSPS) is 28.5. The van der Waals surface area contributed by atoms with Crippen molar-refractivity contribution in [3.63, 3.8) is 0 Å². The van der Waals surface area contributed by atoms with E-state index in [1.165, 1.54) is 12.1 Å². The molecule has 154 valence electrons. The van der Waals surface area contributed by atoms with Crippen molar-refractivity contribution < 1.29 is 29.6 Å². The van der Waals surface area contributed by atoms with Crippen LogP contribution in [-0.4, -0.2) is 44.0 Å². The number of ether oxygens (including phenoxy) is 1. The molecule has 2 atom stereocenters. The van der Waals surface area contributed by atoms with Gasteiger partial charge in [-0.1, -0.05) is 67.9 Å².